The molecule has 2 rings (SSSR count). The fourth-order valence-electron chi connectivity index (χ4n) is 2.24. The topological polar surface area (TPSA) is 105 Å². The first-order valence-corrected chi connectivity index (χ1v) is 6.87. The third kappa shape index (κ3) is 3.41. The van der Waals surface area contributed by atoms with E-state index < -0.39 is 4.92 Å². The van der Waals surface area contributed by atoms with E-state index in [2.05, 4.69) is 10.5 Å². The molecule has 0 atom stereocenters. The van der Waals surface area contributed by atoms with Crippen molar-refractivity contribution in [3.63, 3.8) is 0 Å². The number of benzene rings is 1. The molecule has 0 amide bonds. The van der Waals surface area contributed by atoms with Gasteiger partial charge in [0.2, 0.25) is 0 Å². The van der Waals surface area contributed by atoms with Gasteiger partial charge in [-0.05, 0) is 32.8 Å². The van der Waals surface area contributed by atoms with Crippen LogP contribution in [0.2, 0.25) is 0 Å². The molecule has 0 aliphatic carbocycles. The normalized spacial score (nSPS) is 10.2. The lowest BCUT2D eigenvalue weighted by Gasteiger charge is -2.08. The molecule has 1 aromatic heterocycles. The van der Waals surface area contributed by atoms with Gasteiger partial charge in [-0.3, -0.25) is 10.1 Å². The van der Waals surface area contributed by atoms with E-state index in [9.17, 15) is 10.1 Å². The van der Waals surface area contributed by atoms with Crippen LogP contribution in [-0.4, -0.2) is 16.6 Å². The first-order chi connectivity index (χ1) is 10.5. The number of nitriles is 1. The molecule has 0 saturated heterocycles. The van der Waals surface area contributed by atoms with Crippen molar-refractivity contribution in [1.82, 2.24) is 5.16 Å². The molecule has 0 fully saturated rings. The number of nitro groups is 1. The van der Waals surface area contributed by atoms with E-state index in [0.29, 0.717) is 12.2 Å². The van der Waals surface area contributed by atoms with Gasteiger partial charge in [0.05, 0.1) is 21.9 Å². The maximum absolute atomic E-state index is 10.7. The van der Waals surface area contributed by atoms with Crippen molar-refractivity contribution in [2.24, 2.45) is 0 Å². The SMILES string of the molecule is Cc1noc(C)c1CCCNc1ccc([N+](=O)[O-])cc1C#N. The lowest BCUT2D eigenvalue weighted by atomic mass is 10.1. The van der Waals surface area contributed by atoms with Gasteiger partial charge in [-0.15, -0.1) is 0 Å². The molecule has 0 bridgehead atoms. The number of nitro benzene ring substituents is 1. The zero-order valence-corrected chi connectivity index (χ0v) is 12.4. The van der Waals surface area contributed by atoms with Gasteiger partial charge in [-0.2, -0.15) is 5.26 Å². The molecule has 0 saturated carbocycles. The van der Waals surface area contributed by atoms with Gasteiger partial charge in [0.1, 0.15) is 11.8 Å². The number of aryl methyl sites for hydroxylation is 2. The van der Waals surface area contributed by atoms with E-state index in [1.54, 1.807) is 6.07 Å². The number of nitrogens with zero attached hydrogens (tertiary/aromatic N) is 3. The van der Waals surface area contributed by atoms with Crippen LogP contribution in [0.25, 0.3) is 0 Å². The van der Waals surface area contributed by atoms with Crippen molar-refractivity contribution in [1.29, 1.82) is 5.26 Å². The molecule has 1 aromatic carbocycles. The standard InChI is InChI=1S/C15H16N4O3/c1-10-14(11(2)22-18-10)4-3-7-17-15-6-5-13(19(20)21)8-12(15)9-16/h5-6,8,17H,3-4,7H2,1-2H3. The van der Waals surface area contributed by atoms with Gasteiger partial charge in [0.25, 0.3) is 5.69 Å². The fraction of sp³-hybridized carbons (Fsp3) is 0.333. The number of hydrogen-bond acceptors (Lipinski definition) is 6. The second kappa shape index (κ2) is 6.72. The average Bonchev–Trinajstić information content (AvgIpc) is 2.82. The molecule has 0 spiro atoms. The first kappa shape index (κ1) is 15.5. The average molecular weight is 300 g/mol. The lowest BCUT2D eigenvalue weighted by Crippen LogP contribution is -2.05. The number of anilines is 1. The molecule has 7 nitrogen and oxygen atoms in total. The van der Waals surface area contributed by atoms with Gasteiger partial charge in [-0.25, -0.2) is 0 Å². The van der Waals surface area contributed by atoms with Crippen LogP contribution in [0.1, 0.15) is 29.0 Å². The number of aromatic nitrogens is 1. The minimum absolute atomic E-state index is 0.0854. The molecule has 0 unspecified atom stereocenters. The molecule has 2 aromatic rings. The number of nitrogens with one attached hydrogen (secondary N) is 1. The van der Waals surface area contributed by atoms with E-state index in [1.165, 1.54) is 12.1 Å². The van der Waals surface area contributed by atoms with Crippen LogP contribution in [0, 0.1) is 35.3 Å². The third-order valence-corrected chi connectivity index (χ3v) is 3.43. The van der Waals surface area contributed by atoms with Crippen LogP contribution >= 0.6 is 0 Å². The highest BCUT2D eigenvalue weighted by Gasteiger charge is 2.11. The maximum Gasteiger partial charge on any atom is 0.270 e. The second-order valence-electron chi connectivity index (χ2n) is 4.93. The summed E-state index contributed by atoms with van der Waals surface area (Å²) in [5.74, 6) is 0.825. The van der Waals surface area contributed by atoms with Crippen molar-refractivity contribution >= 4 is 11.4 Å². The Labute approximate surface area is 127 Å². The largest absolute Gasteiger partial charge is 0.384 e. The quantitative estimate of drug-likeness (QED) is 0.499. The van der Waals surface area contributed by atoms with Crippen molar-refractivity contribution in [3.05, 3.63) is 50.9 Å². The van der Waals surface area contributed by atoms with E-state index in [-0.39, 0.29) is 11.3 Å². The molecule has 0 radical (unpaired) electrons. The predicted molar refractivity (Wildman–Crippen MR) is 80.6 cm³/mol. The van der Waals surface area contributed by atoms with Gasteiger partial charge in [0, 0.05) is 24.2 Å². The Morgan fingerprint density at radius 3 is 2.82 bits per heavy atom. The smallest absolute Gasteiger partial charge is 0.270 e. The molecule has 1 N–H and O–H groups in total. The molecule has 1 heterocycles. The summed E-state index contributed by atoms with van der Waals surface area (Å²) in [7, 11) is 0. The van der Waals surface area contributed by atoms with Gasteiger partial charge < -0.3 is 9.84 Å². The number of non-ortho nitro benzene ring substituents is 1. The minimum atomic E-state index is -0.512. The zero-order chi connectivity index (χ0) is 16.1. The van der Waals surface area contributed by atoms with Crippen molar-refractivity contribution < 1.29 is 9.45 Å². The first-order valence-electron chi connectivity index (χ1n) is 6.87. The summed E-state index contributed by atoms with van der Waals surface area (Å²) in [6, 6.07) is 6.19. The van der Waals surface area contributed by atoms with Crippen molar-refractivity contribution in [3.8, 4) is 6.07 Å². The maximum atomic E-state index is 10.7. The highest BCUT2D eigenvalue weighted by molar-refractivity contribution is 5.61. The Balaban J connectivity index is 1.95. The predicted octanol–water partition coefficient (Wildman–Crippen LogP) is 3.12. The van der Waals surface area contributed by atoms with Gasteiger partial charge in [-0.1, -0.05) is 5.16 Å². The zero-order valence-electron chi connectivity index (χ0n) is 12.4. The Morgan fingerprint density at radius 2 is 2.23 bits per heavy atom. The summed E-state index contributed by atoms with van der Waals surface area (Å²) in [6.07, 6.45) is 1.66. The monoisotopic (exact) mass is 300 g/mol. The summed E-state index contributed by atoms with van der Waals surface area (Å²) >= 11 is 0. The molecule has 22 heavy (non-hydrogen) atoms. The molecule has 0 aliphatic rings. The molecule has 0 aliphatic heterocycles. The van der Waals surface area contributed by atoms with Crippen molar-refractivity contribution in [2.45, 2.75) is 26.7 Å². The molecule has 114 valence electrons. The summed E-state index contributed by atoms with van der Waals surface area (Å²) in [5, 5.41) is 26.8. The van der Waals surface area contributed by atoms with Crippen LogP contribution < -0.4 is 5.32 Å². The third-order valence-electron chi connectivity index (χ3n) is 3.43. The summed E-state index contributed by atoms with van der Waals surface area (Å²) in [5.41, 5.74) is 2.78. The fourth-order valence-corrected chi connectivity index (χ4v) is 2.24. The van der Waals surface area contributed by atoms with E-state index in [1.807, 2.05) is 19.9 Å². The summed E-state index contributed by atoms with van der Waals surface area (Å²) in [6.45, 7) is 4.44. The lowest BCUT2D eigenvalue weighted by molar-refractivity contribution is -0.384. The number of hydrogen-bond donors (Lipinski definition) is 1. The van der Waals surface area contributed by atoms with Crippen LogP contribution in [0.3, 0.4) is 0 Å². The Hall–Kier alpha value is -2.88. The minimum Gasteiger partial charge on any atom is -0.384 e. The Kier molecular flexibility index (Phi) is 4.73. The molecular formula is C15H16N4O3. The van der Waals surface area contributed by atoms with E-state index in [0.717, 1.165) is 29.9 Å². The van der Waals surface area contributed by atoms with Crippen LogP contribution in [0.5, 0.6) is 0 Å². The summed E-state index contributed by atoms with van der Waals surface area (Å²) < 4.78 is 5.11. The molecular weight excluding hydrogens is 284 g/mol. The summed E-state index contributed by atoms with van der Waals surface area (Å²) in [4.78, 5) is 10.2. The van der Waals surface area contributed by atoms with Crippen LogP contribution in [0.15, 0.2) is 22.7 Å². The highest BCUT2D eigenvalue weighted by atomic mass is 16.6. The Bertz CT molecular complexity index is 711. The van der Waals surface area contributed by atoms with E-state index in [4.69, 9.17) is 9.78 Å². The van der Waals surface area contributed by atoms with Crippen LogP contribution in [0.4, 0.5) is 11.4 Å². The van der Waals surface area contributed by atoms with Crippen molar-refractivity contribution in [2.75, 3.05) is 11.9 Å². The van der Waals surface area contributed by atoms with Gasteiger partial charge in [0.15, 0.2) is 0 Å². The van der Waals surface area contributed by atoms with E-state index >= 15 is 0 Å². The highest BCUT2D eigenvalue weighted by Crippen LogP contribution is 2.21. The second-order valence-corrected chi connectivity index (χ2v) is 4.93. The molecule has 7 heteroatoms. The Morgan fingerprint density at radius 1 is 1.45 bits per heavy atom. The van der Waals surface area contributed by atoms with Gasteiger partial charge >= 0.3 is 0 Å². The van der Waals surface area contributed by atoms with Crippen LogP contribution in [-0.2, 0) is 6.42 Å². The number of rotatable bonds is 6.